The Balaban J connectivity index is 1.49. The minimum absolute atomic E-state index is 0.000885. The Kier molecular flexibility index (Phi) is 7.44. The van der Waals surface area contributed by atoms with E-state index in [1.54, 1.807) is 19.0 Å². The molecule has 0 N–H and O–H groups in total. The van der Waals surface area contributed by atoms with Gasteiger partial charge >= 0.3 is 0 Å². The summed E-state index contributed by atoms with van der Waals surface area (Å²) >= 11 is 1.47. The normalized spacial score (nSPS) is 14.6. The molecule has 1 aromatic carbocycles. The molecule has 0 spiro atoms. The topological polar surface area (TPSA) is 66.0 Å². The van der Waals surface area contributed by atoms with Crippen molar-refractivity contribution in [1.82, 2.24) is 19.7 Å². The lowest BCUT2D eigenvalue weighted by Crippen LogP contribution is -2.48. The molecule has 0 aliphatic carbocycles. The number of carbonyl (C=O) groups is 2. The van der Waals surface area contributed by atoms with Gasteiger partial charge in [-0.05, 0) is 31.5 Å². The van der Waals surface area contributed by atoms with Crippen molar-refractivity contribution in [3.05, 3.63) is 45.4 Å². The number of hydrogen-bond acceptors (Lipinski definition) is 6. The molecule has 0 radical (unpaired) electrons. The van der Waals surface area contributed by atoms with Crippen LogP contribution in [0, 0.1) is 6.92 Å². The summed E-state index contributed by atoms with van der Waals surface area (Å²) in [6.45, 7) is 8.23. The van der Waals surface area contributed by atoms with Crippen LogP contribution in [0.5, 0.6) is 5.75 Å². The number of aromatic nitrogens is 1. The fourth-order valence-corrected chi connectivity index (χ4v) is 4.55. The van der Waals surface area contributed by atoms with Crippen LogP contribution in [0.1, 0.15) is 32.9 Å². The summed E-state index contributed by atoms with van der Waals surface area (Å²) in [7, 11) is 3.51. The fourth-order valence-electron chi connectivity index (χ4n) is 3.42. The van der Waals surface area contributed by atoms with Gasteiger partial charge in [0.05, 0.1) is 25.3 Å². The van der Waals surface area contributed by atoms with E-state index in [1.165, 1.54) is 11.3 Å². The average molecular weight is 431 g/mol. The van der Waals surface area contributed by atoms with Gasteiger partial charge in [0.15, 0.2) is 0 Å². The first-order valence-electron chi connectivity index (χ1n) is 10.3. The average Bonchev–Trinajstić information content (AvgIpc) is 3.09. The molecule has 3 rings (SSSR count). The van der Waals surface area contributed by atoms with Crippen LogP contribution < -0.4 is 4.74 Å². The van der Waals surface area contributed by atoms with Crippen LogP contribution in [0.2, 0.25) is 0 Å². The summed E-state index contributed by atoms with van der Waals surface area (Å²) < 4.78 is 5.45. The third-order valence-electron chi connectivity index (χ3n) is 5.11. The molecule has 0 atom stereocenters. The van der Waals surface area contributed by atoms with E-state index in [2.05, 4.69) is 9.88 Å². The van der Waals surface area contributed by atoms with Crippen LogP contribution in [0.3, 0.4) is 0 Å². The van der Waals surface area contributed by atoms with Crippen molar-refractivity contribution in [2.75, 3.05) is 46.9 Å². The summed E-state index contributed by atoms with van der Waals surface area (Å²) in [6.07, 6.45) is 0.411. The van der Waals surface area contributed by atoms with E-state index >= 15 is 0 Å². The molecule has 1 aromatic heterocycles. The molecule has 162 valence electrons. The van der Waals surface area contributed by atoms with Crippen molar-refractivity contribution in [3.63, 3.8) is 0 Å². The van der Waals surface area contributed by atoms with Crippen molar-refractivity contribution in [3.8, 4) is 5.75 Å². The zero-order chi connectivity index (χ0) is 21.7. The Morgan fingerprint density at radius 2 is 1.80 bits per heavy atom. The zero-order valence-corrected chi connectivity index (χ0v) is 19.0. The van der Waals surface area contributed by atoms with E-state index in [9.17, 15) is 9.59 Å². The number of thiazole rings is 1. The molecule has 0 saturated carbocycles. The van der Waals surface area contributed by atoms with Gasteiger partial charge in [0, 0.05) is 40.3 Å². The highest BCUT2D eigenvalue weighted by Crippen LogP contribution is 2.21. The highest BCUT2D eigenvalue weighted by molar-refractivity contribution is 7.13. The maximum Gasteiger partial charge on any atom is 0.265 e. The van der Waals surface area contributed by atoms with E-state index < -0.39 is 0 Å². The van der Waals surface area contributed by atoms with E-state index in [1.807, 2.05) is 43.0 Å². The Morgan fingerprint density at radius 1 is 1.13 bits per heavy atom. The Labute approximate surface area is 182 Å². The quantitative estimate of drug-likeness (QED) is 0.675. The first-order valence-corrected chi connectivity index (χ1v) is 11.1. The molecule has 1 fully saturated rings. The number of benzene rings is 1. The first-order chi connectivity index (χ1) is 14.4. The van der Waals surface area contributed by atoms with Crippen molar-refractivity contribution in [1.29, 1.82) is 0 Å². The maximum atomic E-state index is 12.7. The van der Waals surface area contributed by atoms with E-state index in [0.717, 1.165) is 35.1 Å². The number of nitrogens with zero attached hydrogens (tertiary/aromatic N) is 4. The predicted octanol–water partition coefficient (Wildman–Crippen LogP) is 2.44. The zero-order valence-electron chi connectivity index (χ0n) is 18.2. The van der Waals surface area contributed by atoms with Crippen molar-refractivity contribution in [2.45, 2.75) is 26.8 Å². The molecule has 2 aromatic rings. The number of aryl methyl sites for hydroxylation is 1. The van der Waals surface area contributed by atoms with E-state index in [-0.39, 0.29) is 11.8 Å². The molecular formula is C22H30N4O3S. The number of ether oxygens (including phenoxy) is 1. The monoisotopic (exact) mass is 430 g/mol. The Morgan fingerprint density at radius 3 is 2.40 bits per heavy atom. The molecule has 0 bridgehead atoms. The van der Waals surface area contributed by atoms with Crippen LogP contribution in [0.25, 0.3) is 0 Å². The second kappa shape index (κ2) is 10.0. The highest BCUT2D eigenvalue weighted by atomic mass is 32.1. The molecule has 1 aliphatic heterocycles. The standard InChI is InChI=1S/C22H30N4O3S/c1-5-29-18-8-6-17(7-9-18)14-20(27)26-12-10-25(11-13-26)15-19-23-16(2)21(30-19)22(28)24(3)4/h6-9H,5,10-15H2,1-4H3. The second-order valence-electron chi connectivity index (χ2n) is 7.63. The summed E-state index contributed by atoms with van der Waals surface area (Å²) in [4.78, 5) is 36.0. The number of hydrogen-bond donors (Lipinski definition) is 0. The van der Waals surface area contributed by atoms with Crippen LogP contribution in [0.15, 0.2) is 24.3 Å². The van der Waals surface area contributed by atoms with E-state index in [4.69, 9.17) is 4.74 Å². The van der Waals surface area contributed by atoms with Gasteiger partial charge in [-0.15, -0.1) is 11.3 Å². The van der Waals surface area contributed by atoms with E-state index in [0.29, 0.717) is 37.5 Å². The molecule has 1 saturated heterocycles. The lowest BCUT2D eigenvalue weighted by molar-refractivity contribution is -0.132. The summed E-state index contributed by atoms with van der Waals surface area (Å²) in [5, 5.41) is 0.951. The fraction of sp³-hybridized carbons (Fsp3) is 0.500. The van der Waals surface area contributed by atoms with Gasteiger partial charge in [0.2, 0.25) is 5.91 Å². The van der Waals surface area contributed by atoms with Crippen molar-refractivity contribution >= 4 is 23.2 Å². The minimum Gasteiger partial charge on any atom is -0.494 e. The largest absolute Gasteiger partial charge is 0.494 e. The van der Waals surface area contributed by atoms with Gasteiger partial charge in [-0.1, -0.05) is 12.1 Å². The number of rotatable bonds is 7. The summed E-state index contributed by atoms with van der Waals surface area (Å²) in [5.74, 6) is 0.985. The Hall–Kier alpha value is -2.45. The predicted molar refractivity (Wildman–Crippen MR) is 118 cm³/mol. The number of carbonyl (C=O) groups excluding carboxylic acids is 2. The van der Waals surface area contributed by atoms with Crippen LogP contribution in [-0.2, 0) is 17.8 Å². The molecule has 7 nitrogen and oxygen atoms in total. The van der Waals surface area contributed by atoms with Gasteiger partial charge < -0.3 is 14.5 Å². The van der Waals surface area contributed by atoms with Gasteiger partial charge in [0.25, 0.3) is 5.91 Å². The van der Waals surface area contributed by atoms with Crippen molar-refractivity contribution in [2.24, 2.45) is 0 Å². The third kappa shape index (κ3) is 5.58. The van der Waals surface area contributed by atoms with Gasteiger partial charge in [-0.3, -0.25) is 14.5 Å². The molecule has 1 aliphatic rings. The first kappa shape index (κ1) is 22.2. The van der Waals surface area contributed by atoms with Crippen LogP contribution in [0.4, 0.5) is 0 Å². The van der Waals surface area contributed by atoms with Gasteiger partial charge in [-0.25, -0.2) is 4.98 Å². The SMILES string of the molecule is CCOc1ccc(CC(=O)N2CCN(Cc3nc(C)c(C(=O)N(C)C)s3)CC2)cc1. The minimum atomic E-state index is 0.000885. The molecule has 8 heteroatoms. The lowest BCUT2D eigenvalue weighted by atomic mass is 10.1. The molecular weight excluding hydrogens is 400 g/mol. The molecule has 2 heterocycles. The smallest absolute Gasteiger partial charge is 0.265 e. The van der Waals surface area contributed by atoms with Crippen molar-refractivity contribution < 1.29 is 14.3 Å². The number of amides is 2. The van der Waals surface area contributed by atoms with Gasteiger partial charge in [0.1, 0.15) is 15.6 Å². The summed E-state index contributed by atoms with van der Waals surface area (Å²) in [6, 6.07) is 7.73. The maximum absolute atomic E-state index is 12.7. The molecule has 2 amide bonds. The van der Waals surface area contributed by atoms with Gasteiger partial charge in [-0.2, -0.15) is 0 Å². The van der Waals surface area contributed by atoms with Crippen LogP contribution in [-0.4, -0.2) is 78.4 Å². The Bertz CT molecular complexity index is 871. The summed E-state index contributed by atoms with van der Waals surface area (Å²) in [5.41, 5.74) is 1.79. The molecule has 30 heavy (non-hydrogen) atoms. The highest BCUT2D eigenvalue weighted by Gasteiger charge is 2.23. The van der Waals surface area contributed by atoms with Crippen LogP contribution >= 0.6 is 11.3 Å². The molecule has 0 unspecified atom stereocenters. The lowest BCUT2D eigenvalue weighted by Gasteiger charge is -2.34. The third-order valence-corrected chi connectivity index (χ3v) is 6.25. The number of piperazine rings is 1. The second-order valence-corrected chi connectivity index (χ2v) is 8.72.